The number of nitriles is 1. The number of aryl methyl sites for hydroxylation is 1. The predicted molar refractivity (Wildman–Crippen MR) is 93.4 cm³/mol. The Morgan fingerprint density at radius 2 is 1.65 bits per heavy atom. The van der Waals surface area contributed by atoms with Crippen molar-refractivity contribution in [3.63, 3.8) is 0 Å². The van der Waals surface area contributed by atoms with Gasteiger partial charge in [-0.05, 0) is 50.1 Å². The summed E-state index contributed by atoms with van der Waals surface area (Å²) in [5, 5.41) is 9.45. The molecule has 0 spiro atoms. The third kappa shape index (κ3) is 4.37. The lowest BCUT2D eigenvalue weighted by molar-refractivity contribution is 0.287. The second kappa shape index (κ2) is 8.05. The molecular formula is C20H21NO2. The lowest BCUT2D eigenvalue weighted by Gasteiger charge is -2.11. The number of rotatable bonds is 6. The number of nitrogens with zero attached hydrogens (tertiary/aromatic N) is 1. The Balaban J connectivity index is 2.37. The molecule has 0 aromatic heterocycles. The molecular weight excluding hydrogens is 286 g/mol. The maximum Gasteiger partial charge on any atom is 0.161 e. The van der Waals surface area contributed by atoms with E-state index in [-0.39, 0.29) is 0 Å². The summed E-state index contributed by atoms with van der Waals surface area (Å²) < 4.78 is 11.2. The molecule has 0 bridgehead atoms. The molecule has 23 heavy (non-hydrogen) atoms. The highest BCUT2D eigenvalue weighted by Gasteiger charge is 2.07. The first kappa shape index (κ1) is 16.6. The average Bonchev–Trinajstić information content (AvgIpc) is 2.56. The number of allylic oxidation sites excluding steroid dienone is 1. The molecule has 0 fully saturated rings. The SMILES string of the molecule is CCOc1ccc(/C=C(/C#N)c2ccc(C)cc2)cc1OCC. The molecule has 2 aromatic carbocycles. The minimum atomic E-state index is 0.566. The topological polar surface area (TPSA) is 42.2 Å². The van der Waals surface area contributed by atoms with Crippen LogP contribution in [0.1, 0.15) is 30.5 Å². The Hall–Kier alpha value is -2.73. The highest BCUT2D eigenvalue weighted by molar-refractivity contribution is 5.89. The van der Waals surface area contributed by atoms with Crippen LogP contribution in [0.25, 0.3) is 11.6 Å². The van der Waals surface area contributed by atoms with Crippen molar-refractivity contribution < 1.29 is 9.47 Å². The molecule has 2 rings (SSSR count). The molecule has 0 aliphatic heterocycles. The van der Waals surface area contributed by atoms with Crippen molar-refractivity contribution in [1.29, 1.82) is 5.26 Å². The van der Waals surface area contributed by atoms with Crippen molar-refractivity contribution in [3.8, 4) is 17.6 Å². The molecule has 118 valence electrons. The van der Waals surface area contributed by atoms with Crippen LogP contribution in [0, 0.1) is 18.3 Å². The van der Waals surface area contributed by atoms with Crippen LogP contribution in [0.3, 0.4) is 0 Å². The van der Waals surface area contributed by atoms with Crippen molar-refractivity contribution in [1.82, 2.24) is 0 Å². The molecule has 3 heteroatoms. The minimum Gasteiger partial charge on any atom is -0.490 e. The second-order valence-corrected chi connectivity index (χ2v) is 5.11. The summed E-state index contributed by atoms with van der Waals surface area (Å²) in [4.78, 5) is 0. The Kier molecular flexibility index (Phi) is 5.82. The zero-order chi connectivity index (χ0) is 16.7. The normalized spacial score (nSPS) is 11.0. The van der Waals surface area contributed by atoms with Crippen LogP contribution in [0.5, 0.6) is 11.5 Å². The van der Waals surface area contributed by atoms with E-state index in [9.17, 15) is 5.26 Å². The zero-order valence-electron chi connectivity index (χ0n) is 13.8. The van der Waals surface area contributed by atoms with E-state index in [2.05, 4.69) is 6.07 Å². The fourth-order valence-electron chi connectivity index (χ4n) is 2.24. The number of hydrogen-bond acceptors (Lipinski definition) is 3. The third-order valence-electron chi connectivity index (χ3n) is 3.36. The van der Waals surface area contributed by atoms with E-state index < -0.39 is 0 Å². The van der Waals surface area contributed by atoms with Crippen molar-refractivity contribution in [2.75, 3.05) is 13.2 Å². The summed E-state index contributed by atoms with van der Waals surface area (Å²) in [5.74, 6) is 1.42. The van der Waals surface area contributed by atoms with Crippen molar-refractivity contribution in [2.24, 2.45) is 0 Å². The summed E-state index contributed by atoms with van der Waals surface area (Å²) in [7, 11) is 0. The van der Waals surface area contributed by atoms with Crippen molar-refractivity contribution in [3.05, 3.63) is 59.2 Å². The van der Waals surface area contributed by atoms with Crippen molar-refractivity contribution in [2.45, 2.75) is 20.8 Å². The van der Waals surface area contributed by atoms with Gasteiger partial charge in [0.25, 0.3) is 0 Å². The highest BCUT2D eigenvalue weighted by Crippen LogP contribution is 2.30. The molecule has 0 saturated heterocycles. The van der Waals surface area contributed by atoms with E-state index in [1.165, 1.54) is 5.56 Å². The van der Waals surface area contributed by atoms with Crippen LogP contribution in [0.2, 0.25) is 0 Å². The van der Waals surface area contributed by atoms with Gasteiger partial charge in [0.15, 0.2) is 11.5 Å². The Morgan fingerprint density at radius 1 is 1.00 bits per heavy atom. The van der Waals surface area contributed by atoms with Crippen LogP contribution in [-0.2, 0) is 0 Å². The van der Waals surface area contributed by atoms with E-state index in [0.29, 0.717) is 24.5 Å². The smallest absolute Gasteiger partial charge is 0.161 e. The molecule has 0 amide bonds. The Morgan fingerprint density at radius 3 is 2.26 bits per heavy atom. The first-order chi connectivity index (χ1) is 11.2. The second-order valence-electron chi connectivity index (χ2n) is 5.11. The summed E-state index contributed by atoms with van der Waals surface area (Å²) in [6.07, 6.45) is 1.86. The molecule has 3 nitrogen and oxygen atoms in total. The minimum absolute atomic E-state index is 0.566. The van der Waals surface area contributed by atoms with Crippen LogP contribution in [-0.4, -0.2) is 13.2 Å². The maximum atomic E-state index is 9.45. The predicted octanol–water partition coefficient (Wildman–Crippen LogP) is 4.86. The third-order valence-corrected chi connectivity index (χ3v) is 3.36. The monoisotopic (exact) mass is 307 g/mol. The number of ether oxygens (including phenoxy) is 2. The van der Waals surface area contributed by atoms with Gasteiger partial charge in [-0.15, -0.1) is 0 Å². The molecule has 0 aliphatic rings. The van der Waals surface area contributed by atoms with Crippen LogP contribution >= 0.6 is 0 Å². The van der Waals surface area contributed by atoms with E-state index in [1.807, 2.05) is 69.3 Å². The van der Waals surface area contributed by atoms with E-state index >= 15 is 0 Å². The summed E-state index contributed by atoms with van der Waals surface area (Å²) in [6, 6.07) is 15.9. The van der Waals surface area contributed by atoms with Gasteiger partial charge in [-0.2, -0.15) is 5.26 Å². The maximum absolute atomic E-state index is 9.45. The van der Waals surface area contributed by atoms with Gasteiger partial charge >= 0.3 is 0 Å². The number of benzene rings is 2. The Bertz CT molecular complexity index is 724. The molecule has 0 N–H and O–H groups in total. The lowest BCUT2D eigenvalue weighted by Crippen LogP contribution is -1.98. The van der Waals surface area contributed by atoms with Gasteiger partial charge in [-0.3, -0.25) is 0 Å². The van der Waals surface area contributed by atoms with Gasteiger partial charge < -0.3 is 9.47 Å². The molecule has 0 radical (unpaired) electrons. The van der Waals surface area contributed by atoms with Gasteiger partial charge in [0.2, 0.25) is 0 Å². The fourth-order valence-corrected chi connectivity index (χ4v) is 2.24. The number of hydrogen-bond donors (Lipinski definition) is 0. The summed E-state index contributed by atoms with van der Waals surface area (Å²) in [6.45, 7) is 7.05. The zero-order valence-corrected chi connectivity index (χ0v) is 13.8. The standard InChI is InChI=1S/C20H21NO2/c1-4-22-19-11-8-16(13-20(19)23-5-2)12-18(14-21)17-9-6-15(3)7-10-17/h6-13H,4-5H2,1-3H3/b18-12-. The first-order valence-corrected chi connectivity index (χ1v) is 7.76. The van der Waals surface area contributed by atoms with Crippen LogP contribution < -0.4 is 9.47 Å². The van der Waals surface area contributed by atoms with E-state index in [4.69, 9.17) is 9.47 Å². The molecule has 0 atom stereocenters. The first-order valence-electron chi connectivity index (χ1n) is 7.76. The molecule has 2 aromatic rings. The Labute approximate surface area is 137 Å². The van der Waals surface area contributed by atoms with Gasteiger partial charge in [-0.25, -0.2) is 0 Å². The molecule has 0 heterocycles. The van der Waals surface area contributed by atoms with Crippen LogP contribution in [0.4, 0.5) is 0 Å². The van der Waals surface area contributed by atoms with Gasteiger partial charge in [-0.1, -0.05) is 35.9 Å². The van der Waals surface area contributed by atoms with Gasteiger partial charge in [0.1, 0.15) is 0 Å². The largest absolute Gasteiger partial charge is 0.490 e. The average molecular weight is 307 g/mol. The van der Waals surface area contributed by atoms with Gasteiger partial charge in [0.05, 0.1) is 24.9 Å². The van der Waals surface area contributed by atoms with Crippen LogP contribution in [0.15, 0.2) is 42.5 Å². The van der Waals surface area contributed by atoms with E-state index in [0.717, 1.165) is 16.9 Å². The fraction of sp³-hybridized carbons (Fsp3) is 0.250. The quantitative estimate of drug-likeness (QED) is 0.565. The summed E-state index contributed by atoms with van der Waals surface area (Å²) in [5.41, 5.74) is 3.61. The van der Waals surface area contributed by atoms with E-state index in [1.54, 1.807) is 0 Å². The summed E-state index contributed by atoms with van der Waals surface area (Å²) >= 11 is 0. The lowest BCUT2D eigenvalue weighted by atomic mass is 10.0. The molecule has 0 unspecified atom stereocenters. The van der Waals surface area contributed by atoms with Gasteiger partial charge in [0, 0.05) is 0 Å². The molecule has 0 saturated carbocycles. The van der Waals surface area contributed by atoms with Crippen molar-refractivity contribution >= 4 is 11.6 Å². The molecule has 0 aliphatic carbocycles. The highest BCUT2D eigenvalue weighted by atomic mass is 16.5.